The molecule has 5 rings (SSSR count). The Bertz CT molecular complexity index is 733. The van der Waals surface area contributed by atoms with Crippen molar-refractivity contribution in [2.45, 2.75) is 71.1 Å². The van der Waals surface area contributed by atoms with Gasteiger partial charge in [-0.3, -0.25) is 4.79 Å². The van der Waals surface area contributed by atoms with Crippen LogP contribution in [-0.4, -0.2) is 18.5 Å². The number of benzene rings is 1. The summed E-state index contributed by atoms with van der Waals surface area (Å²) in [7, 11) is 0. The zero-order chi connectivity index (χ0) is 20.4. The first-order valence-corrected chi connectivity index (χ1v) is 11.2. The van der Waals surface area contributed by atoms with E-state index in [0.29, 0.717) is 24.4 Å². The number of esters is 1. The number of carboxylic acid groups (broad SMARTS) is 1. The summed E-state index contributed by atoms with van der Waals surface area (Å²) in [5.74, 6) is 0.984. The molecular formula is C24H31O5-. The summed E-state index contributed by atoms with van der Waals surface area (Å²) in [5, 5.41) is 11.6. The van der Waals surface area contributed by atoms with Crippen LogP contribution >= 0.6 is 0 Å². The van der Waals surface area contributed by atoms with Crippen LogP contribution in [0.4, 0.5) is 0 Å². The minimum atomic E-state index is -1.32. The molecule has 0 aliphatic heterocycles. The second-order valence-corrected chi connectivity index (χ2v) is 9.44. The Hall–Kier alpha value is -2.04. The van der Waals surface area contributed by atoms with E-state index < -0.39 is 5.97 Å². The van der Waals surface area contributed by atoms with Gasteiger partial charge < -0.3 is 19.4 Å². The maximum absolute atomic E-state index is 13.1. The first-order valence-electron chi connectivity index (χ1n) is 11.2. The predicted molar refractivity (Wildman–Crippen MR) is 107 cm³/mol. The van der Waals surface area contributed by atoms with Gasteiger partial charge in [0.05, 0.1) is 18.0 Å². The van der Waals surface area contributed by atoms with Crippen molar-refractivity contribution in [1.82, 2.24) is 0 Å². The van der Waals surface area contributed by atoms with Crippen LogP contribution in [0.5, 0.6) is 11.5 Å². The van der Waals surface area contributed by atoms with Gasteiger partial charge in [0.25, 0.3) is 0 Å². The molecule has 4 aliphatic rings. The molecule has 0 radical (unpaired) electrons. The average molecular weight is 400 g/mol. The molecule has 1 aromatic carbocycles. The van der Waals surface area contributed by atoms with Crippen molar-refractivity contribution in [3.63, 3.8) is 0 Å². The van der Waals surface area contributed by atoms with Crippen molar-refractivity contribution in [1.29, 1.82) is 0 Å². The van der Waals surface area contributed by atoms with Gasteiger partial charge in [-0.15, -0.1) is 0 Å². The van der Waals surface area contributed by atoms with Gasteiger partial charge in [0, 0.05) is 5.56 Å². The Balaban J connectivity index is 1.43. The standard InChI is InChI=1S/C24H32O5/c1-2-3-4-5-8-28-21-7-6-19(12-20(21)22(25)26)29-23(27)24-13-16-9-17(14-24)11-18(10-16)15-24/h6-7,12,16-18H,2-5,8-11,13-15H2,1H3,(H,25,26)/p-1. The Morgan fingerprint density at radius 1 is 1.03 bits per heavy atom. The van der Waals surface area contributed by atoms with Crippen LogP contribution in [0.2, 0.25) is 0 Å². The van der Waals surface area contributed by atoms with E-state index in [1.165, 1.54) is 25.3 Å². The van der Waals surface area contributed by atoms with Crippen molar-refractivity contribution in [2.75, 3.05) is 6.61 Å². The lowest BCUT2D eigenvalue weighted by atomic mass is 9.49. The second kappa shape index (κ2) is 8.37. The third kappa shape index (κ3) is 4.29. The Morgan fingerprint density at radius 2 is 1.69 bits per heavy atom. The van der Waals surface area contributed by atoms with Gasteiger partial charge in [0.2, 0.25) is 0 Å². The minimum Gasteiger partial charge on any atom is -0.545 e. The molecule has 0 N–H and O–H groups in total. The maximum atomic E-state index is 13.1. The number of hydrogen-bond donors (Lipinski definition) is 0. The van der Waals surface area contributed by atoms with Crippen LogP contribution in [0.15, 0.2) is 18.2 Å². The van der Waals surface area contributed by atoms with Crippen LogP contribution in [-0.2, 0) is 4.79 Å². The van der Waals surface area contributed by atoms with E-state index >= 15 is 0 Å². The van der Waals surface area contributed by atoms with E-state index in [0.717, 1.165) is 44.9 Å². The molecule has 29 heavy (non-hydrogen) atoms. The quantitative estimate of drug-likeness (QED) is 0.354. The highest BCUT2D eigenvalue weighted by Crippen LogP contribution is 2.60. The third-order valence-corrected chi connectivity index (χ3v) is 7.11. The molecule has 158 valence electrons. The number of unbranched alkanes of at least 4 members (excludes halogenated alkanes) is 3. The number of carbonyl (C=O) groups excluding carboxylic acids is 2. The van der Waals surface area contributed by atoms with Gasteiger partial charge in [-0.2, -0.15) is 0 Å². The van der Waals surface area contributed by atoms with Gasteiger partial charge >= 0.3 is 5.97 Å². The summed E-state index contributed by atoms with van der Waals surface area (Å²) in [5.41, 5.74) is -0.429. The molecule has 0 amide bonds. The zero-order valence-corrected chi connectivity index (χ0v) is 17.3. The molecule has 0 saturated heterocycles. The van der Waals surface area contributed by atoms with E-state index in [-0.39, 0.29) is 28.4 Å². The molecule has 5 heteroatoms. The zero-order valence-electron chi connectivity index (χ0n) is 17.3. The lowest BCUT2D eigenvalue weighted by Gasteiger charge is -2.55. The summed E-state index contributed by atoms with van der Waals surface area (Å²) in [6, 6.07) is 4.58. The van der Waals surface area contributed by atoms with E-state index in [4.69, 9.17) is 9.47 Å². The molecule has 4 fully saturated rings. The first kappa shape index (κ1) is 20.2. The largest absolute Gasteiger partial charge is 0.545 e. The SMILES string of the molecule is CCCCCCOc1ccc(OC(=O)C23CC4CC(CC(C4)C2)C3)cc1C(=O)[O-]. The molecular weight excluding hydrogens is 368 g/mol. The summed E-state index contributed by atoms with van der Waals surface area (Å²) in [4.78, 5) is 24.7. The van der Waals surface area contributed by atoms with Crippen LogP contribution in [0.1, 0.15) is 81.5 Å². The van der Waals surface area contributed by atoms with E-state index in [1.54, 1.807) is 12.1 Å². The second-order valence-electron chi connectivity index (χ2n) is 9.44. The van der Waals surface area contributed by atoms with Crippen molar-refractivity contribution >= 4 is 11.9 Å². The molecule has 0 unspecified atom stereocenters. The predicted octanol–water partition coefficient (Wildman–Crippen LogP) is 4.13. The Morgan fingerprint density at radius 3 is 2.28 bits per heavy atom. The lowest BCUT2D eigenvalue weighted by molar-refractivity contribution is -0.255. The van der Waals surface area contributed by atoms with Crippen LogP contribution in [0.3, 0.4) is 0 Å². The van der Waals surface area contributed by atoms with Crippen LogP contribution < -0.4 is 14.6 Å². The summed E-state index contributed by atoms with van der Waals surface area (Å²) in [6.45, 7) is 2.60. The van der Waals surface area contributed by atoms with Gasteiger partial charge in [0.1, 0.15) is 11.5 Å². The fraction of sp³-hybridized carbons (Fsp3) is 0.667. The molecule has 5 nitrogen and oxygen atoms in total. The van der Waals surface area contributed by atoms with Crippen molar-refractivity contribution in [3.8, 4) is 11.5 Å². The summed E-state index contributed by atoms with van der Waals surface area (Å²) >= 11 is 0. The summed E-state index contributed by atoms with van der Waals surface area (Å²) < 4.78 is 11.4. The minimum absolute atomic E-state index is 0.0590. The van der Waals surface area contributed by atoms with Gasteiger partial charge in [-0.1, -0.05) is 26.2 Å². The molecule has 4 bridgehead atoms. The van der Waals surface area contributed by atoms with Crippen molar-refractivity contribution in [2.24, 2.45) is 23.2 Å². The fourth-order valence-corrected chi connectivity index (χ4v) is 6.14. The van der Waals surface area contributed by atoms with Crippen LogP contribution in [0, 0.1) is 23.2 Å². The highest BCUT2D eigenvalue weighted by atomic mass is 16.5. The smallest absolute Gasteiger partial charge is 0.317 e. The summed E-state index contributed by atoms with van der Waals surface area (Å²) in [6.07, 6.45) is 10.7. The van der Waals surface area contributed by atoms with Crippen molar-refractivity contribution < 1.29 is 24.2 Å². The molecule has 0 spiro atoms. The highest BCUT2D eigenvalue weighted by molar-refractivity contribution is 5.90. The molecule has 4 saturated carbocycles. The Kier molecular flexibility index (Phi) is 5.84. The third-order valence-electron chi connectivity index (χ3n) is 7.11. The number of carboxylic acids is 1. The van der Waals surface area contributed by atoms with Crippen LogP contribution in [0.25, 0.3) is 0 Å². The maximum Gasteiger partial charge on any atom is 0.317 e. The van der Waals surface area contributed by atoms with Gasteiger partial charge in [-0.25, -0.2) is 0 Å². The molecule has 0 heterocycles. The highest BCUT2D eigenvalue weighted by Gasteiger charge is 2.55. The number of rotatable bonds is 9. The monoisotopic (exact) mass is 399 g/mol. The van der Waals surface area contributed by atoms with E-state index in [2.05, 4.69) is 6.92 Å². The molecule has 0 aromatic heterocycles. The van der Waals surface area contributed by atoms with Gasteiger partial charge in [-0.05, 0) is 80.9 Å². The number of ether oxygens (including phenoxy) is 2. The lowest BCUT2D eigenvalue weighted by Crippen LogP contribution is -2.51. The number of aromatic carboxylic acids is 1. The van der Waals surface area contributed by atoms with Crippen molar-refractivity contribution in [3.05, 3.63) is 23.8 Å². The molecule has 0 atom stereocenters. The normalized spacial score (nSPS) is 29.6. The first-order chi connectivity index (χ1) is 14.0. The number of hydrogen-bond acceptors (Lipinski definition) is 5. The molecule has 1 aromatic rings. The number of carbonyl (C=O) groups is 2. The van der Waals surface area contributed by atoms with Gasteiger partial charge in [0.15, 0.2) is 0 Å². The van der Waals surface area contributed by atoms with E-state index in [9.17, 15) is 14.7 Å². The fourth-order valence-electron chi connectivity index (χ4n) is 6.14. The average Bonchev–Trinajstić information content (AvgIpc) is 2.67. The molecule has 4 aliphatic carbocycles. The van der Waals surface area contributed by atoms with E-state index in [1.807, 2.05) is 0 Å². The topological polar surface area (TPSA) is 75.7 Å². The Labute approximate surface area is 172 Å².